The minimum absolute atomic E-state index is 0.0225. The smallest absolute Gasteiger partial charge is 0.337 e. The van der Waals surface area contributed by atoms with Crippen molar-refractivity contribution in [3.8, 4) is 11.4 Å². The molecule has 0 fully saturated rings. The maximum atomic E-state index is 12.6. The number of nitrogens with zero attached hydrogens (tertiary/aromatic N) is 2. The van der Waals surface area contributed by atoms with Gasteiger partial charge in [-0.1, -0.05) is 30.3 Å². The van der Waals surface area contributed by atoms with Gasteiger partial charge in [0.1, 0.15) is 10.7 Å². The van der Waals surface area contributed by atoms with Gasteiger partial charge < -0.3 is 5.11 Å². The molecule has 0 aliphatic rings. The Bertz CT molecular complexity index is 881. The van der Waals surface area contributed by atoms with Crippen molar-refractivity contribution in [1.82, 2.24) is 9.55 Å². The zero-order chi connectivity index (χ0) is 15.0. The van der Waals surface area contributed by atoms with Crippen molar-refractivity contribution >= 4 is 27.5 Å². The van der Waals surface area contributed by atoms with Crippen molar-refractivity contribution in [3.05, 3.63) is 51.6 Å². The van der Waals surface area contributed by atoms with Crippen molar-refractivity contribution in [2.45, 2.75) is 13.5 Å². The minimum Gasteiger partial charge on any atom is -0.478 e. The largest absolute Gasteiger partial charge is 0.478 e. The summed E-state index contributed by atoms with van der Waals surface area (Å²) in [6.45, 7) is 2.27. The molecule has 2 aromatic heterocycles. The van der Waals surface area contributed by atoms with Crippen molar-refractivity contribution in [1.29, 1.82) is 0 Å². The SMILES string of the molecule is CCn1c(-c2ccccc2)nc2scc(C(=O)O)c2c1=O. The second-order valence-corrected chi connectivity index (χ2v) is 5.34. The zero-order valence-corrected chi connectivity index (χ0v) is 12.1. The number of benzene rings is 1. The highest BCUT2D eigenvalue weighted by Gasteiger charge is 2.19. The van der Waals surface area contributed by atoms with Crippen molar-refractivity contribution in [2.24, 2.45) is 0 Å². The second kappa shape index (κ2) is 5.14. The average molecular weight is 300 g/mol. The van der Waals surface area contributed by atoms with E-state index >= 15 is 0 Å². The zero-order valence-electron chi connectivity index (χ0n) is 11.2. The first-order valence-electron chi connectivity index (χ1n) is 6.44. The van der Waals surface area contributed by atoms with Gasteiger partial charge in [0.25, 0.3) is 5.56 Å². The predicted octanol–water partition coefficient (Wildman–Crippen LogP) is 2.84. The summed E-state index contributed by atoms with van der Waals surface area (Å²) in [6, 6.07) is 9.41. The third kappa shape index (κ3) is 2.13. The monoisotopic (exact) mass is 300 g/mol. The molecule has 0 saturated carbocycles. The number of aromatic nitrogens is 2. The fourth-order valence-electron chi connectivity index (χ4n) is 2.28. The lowest BCUT2D eigenvalue weighted by Crippen LogP contribution is -2.23. The molecule has 0 aliphatic heterocycles. The van der Waals surface area contributed by atoms with Crippen molar-refractivity contribution in [3.63, 3.8) is 0 Å². The summed E-state index contributed by atoms with van der Waals surface area (Å²) in [5.74, 6) is -0.537. The summed E-state index contributed by atoms with van der Waals surface area (Å²) in [6.07, 6.45) is 0. The van der Waals surface area contributed by atoms with Crippen LogP contribution in [0.5, 0.6) is 0 Å². The highest BCUT2D eigenvalue weighted by Crippen LogP contribution is 2.25. The van der Waals surface area contributed by atoms with Crippen LogP contribution in [0.25, 0.3) is 21.6 Å². The Hall–Kier alpha value is -2.47. The normalized spacial score (nSPS) is 10.9. The van der Waals surface area contributed by atoms with Gasteiger partial charge in [-0.2, -0.15) is 0 Å². The van der Waals surface area contributed by atoms with Crippen LogP contribution in [0.2, 0.25) is 0 Å². The molecule has 0 amide bonds. The lowest BCUT2D eigenvalue weighted by atomic mass is 10.2. The van der Waals surface area contributed by atoms with E-state index < -0.39 is 5.97 Å². The van der Waals surface area contributed by atoms with Gasteiger partial charge in [-0.05, 0) is 6.92 Å². The van der Waals surface area contributed by atoms with Gasteiger partial charge in [-0.25, -0.2) is 9.78 Å². The summed E-state index contributed by atoms with van der Waals surface area (Å²) in [7, 11) is 0. The number of thiophene rings is 1. The van der Waals surface area contributed by atoms with Crippen LogP contribution in [0, 0.1) is 0 Å². The topological polar surface area (TPSA) is 72.2 Å². The Morgan fingerprint density at radius 2 is 2.05 bits per heavy atom. The highest BCUT2D eigenvalue weighted by molar-refractivity contribution is 7.17. The number of hydrogen-bond acceptors (Lipinski definition) is 4. The Balaban J connectivity index is 2.39. The van der Waals surface area contributed by atoms with Gasteiger partial charge in [0.15, 0.2) is 0 Å². The Morgan fingerprint density at radius 1 is 1.33 bits per heavy atom. The second-order valence-electron chi connectivity index (χ2n) is 4.49. The fourth-order valence-corrected chi connectivity index (χ4v) is 3.19. The van der Waals surface area contributed by atoms with Gasteiger partial charge in [-0.3, -0.25) is 9.36 Å². The van der Waals surface area contributed by atoms with E-state index in [4.69, 9.17) is 0 Å². The molecule has 0 aliphatic carbocycles. The van der Waals surface area contributed by atoms with Crippen molar-refractivity contribution < 1.29 is 9.90 Å². The molecule has 0 saturated heterocycles. The molecule has 106 valence electrons. The Labute approximate surface area is 124 Å². The molecule has 0 radical (unpaired) electrons. The number of carboxylic acids is 1. The number of carbonyl (C=O) groups is 1. The first-order chi connectivity index (χ1) is 10.1. The van der Waals surface area contributed by atoms with Gasteiger partial charge in [0.05, 0.1) is 10.9 Å². The van der Waals surface area contributed by atoms with Crippen LogP contribution < -0.4 is 5.56 Å². The summed E-state index contributed by atoms with van der Waals surface area (Å²) >= 11 is 1.18. The standard InChI is InChI=1S/C15H12N2O3S/c1-2-17-12(9-6-4-3-5-7-9)16-13-11(14(17)18)10(8-21-13)15(19)20/h3-8H,2H2,1H3,(H,19,20). The minimum atomic E-state index is -1.10. The number of carboxylic acid groups (broad SMARTS) is 1. The Kier molecular flexibility index (Phi) is 3.31. The molecule has 6 heteroatoms. The van der Waals surface area contributed by atoms with E-state index in [1.165, 1.54) is 21.3 Å². The lowest BCUT2D eigenvalue weighted by molar-refractivity contribution is 0.0699. The lowest BCUT2D eigenvalue weighted by Gasteiger charge is -2.10. The first-order valence-corrected chi connectivity index (χ1v) is 7.32. The first kappa shape index (κ1) is 13.5. The molecule has 0 bridgehead atoms. The van der Waals surface area contributed by atoms with E-state index in [9.17, 15) is 14.7 Å². The van der Waals surface area contributed by atoms with E-state index in [-0.39, 0.29) is 16.5 Å². The molecule has 1 N–H and O–H groups in total. The van der Waals surface area contributed by atoms with E-state index in [1.807, 2.05) is 37.3 Å². The van der Waals surface area contributed by atoms with E-state index in [0.29, 0.717) is 17.2 Å². The molecule has 0 unspecified atom stereocenters. The maximum Gasteiger partial charge on any atom is 0.337 e. The van der Waals surface area contributed by atoms with Gasteiger partial charge in [0, 0.05) is 17.5 Å². The summed E-state index contributed by atoms with van der Waals surface area (Å²) < 4.78 is 1.51. The van der Waals surface area contributed by atoms with Crippen LogP contribution in [0.1, 0.15) is 17.3 Å². The quantitative estimate of drug-likeness (QED) is 0.807. The third-order valence-electron chi connectivity index (χ3n) is 3.27. The van der Waals surface area contributed by atoms with Crippen LogP contribution in [0.15, 0.2) is 40.5 Å². The maximum absolute atomic E-state index is 12.6. The van der Waals surface area contributed by atoms with E-state index in [0.717, 1.165) is 5.56 Å². The number of aromatic carboxylic acids is 1. The number of fused-ring (bicyclic) bond motifs is 1. The fraction of sp³-hybridized carbons (Fsp3) is 0.133. The van der Waals surface area contributed by atoms with Crippen molar-refractivity contribution in [2.75, 3.05) is 0 Å². The Morgan fingerprint density at radius 3 is 2.67 bits per heavy atom. The number of rotatable bonds is 3. The summed E-state index contributed by atoms with van der Waals surface area (Å²) in [5, 5.41) is 10.8. The van der Waals surface area contributed by atoms with E-state index in [1.54, 1.807) is 0 Å². The summed E-state index contributed by atoms with van der Waals surface area (Å²) in [4.78, 5) is 28.8. The molecular weight excluding hydrogens is 288 g/mol. The number of hydrogen-bond donors (Lipinski definition) is 1. The van der Waals surface area contributed by atoms with Crippen LogP contribution in [0.3, 0.4) is 0 Å². The molecular formula is C15H12N2O3S. The molecule has 0 spiro atoms. The van der Waals surface area contributed by atoms with E-state index in [2.05, 4.69) is 4.98 Å². The molecule has 21 heavy (non-hydrogen) atoms. The average Bonchev–Trinajstić information content (AvgIpc) is 2.92. The van der Waals surface area contributed by atoms with Crippen LogP contribution in [-0.4, -0.2) is 20.6 Å². The molecule has 2 heterocycles. The van der Waals surface area contributed by atoms with Crippen LogP contribution >= 0.6 is 11.3 Å². The molecule has 3 rings (SSSR count). The van der Waals surface area contributed by atoms with Crippen LogP contribution in [-0.2, 0) is 6.54 Å². The molecule has 3 aromatic rings. The van der Waals surface area contributed by atoms with Gasteiger partial charge in [-0.15, -0.1) is 11.3 Å². The molecule has 5 nitrogen and oxygen atoms in total. The molecule has 1 aromatic carbocycles. The van der Waals surface area contributed by atoms with Gasteiger partial charge >= 0.3 is 5.97 Å². The van der Waals surface area contributed by atoms with Gasteiger partial charge in [0.2, 0.25) is 0 Å². The third-order valence-corrected chi connectivity index (χ3v) is 4.14. The predicted molar refractivity (Wildman–Crippen MR) is 81.9 cm³/mol. The summed E-state index contributed by atoms with van der Waals surface area (Å²) in [5.41, 5.74) is 0.554. The van der Waals surface area contributed by atoms with Crippen LogP contribution in [0.4, 0.5) is 0 Å². The molecule has 0 atom stereocenters. The highest BCUT2D eigenvalue weighted by atomic mass is 32.1.